The van der Waals surface area contributed by atoms with Crippen LogP contribution in [0.5, 0.6) is 5.75 Å². The van der Waals surface area contributed by atoms with E-state index in [0.717, 1.165) is 23.1 Å². The standard InChI is InChI=1S/C17H22N2O3/c1-4-5-9-17(2,3)22-14-6-7-15-13(11-14)12-19(18-15)10-8-16(20)21/h5-7,9,11-12H,4,8,10H2,1-3H3,(H,20,21)/b9-5-. The maximum atomic E-state index is 10.6. The van der Waals surface area contributed by atoms with Crippen molar-refractivity contribution >= 4 is 16.9 Å². The molecule has 0 radical (unpaired) electrons. The smallest absolute Gasteiger partial charge is 0.305 e. The molecule has 0 unspecified atom stereocenters. The summed E-state index contributed by atoms with van der Waals surface area (Å²) >= 11 is 0. The number of aromatic nitrogens is 2. The highest BCUT2D eigenvalue weighted by Crippen LogP contribution is 2.24. The van der Waals surface area contributed by atoms with Gasteiger partial charge in [-0.1, -0.05) is 13.0 Å². The normalized spacial score (nSPS) is 12.1. The molecule has 5 heteroatoms. The summed E-state index contributed by atoms with van der Waals surface area (Å²) in [6, 6.07) is 5.71. The van der Waals surface area contributed by atoms with Crippen molar-refractivity contribution in [2.45, 2.75) is 45.8 Å². The zero-order valence-electron chi connectivity index (χ0n) is 13.2. The van der Waals surface area contributed by atoms with Crippen molar-refractivity contribution < 1.29 is 14.6 Å². The minimum Gasteiger partial charge on any atom is -0.484 e. The Morgan fingerprint density at radius 3 is 2.91 bits per heavy atom. The van der Waals surface area contributed by atoms with E-state index in [-0.39, 0.29) is 12.0 Å². The Balaban J connectivity index is 2.16. The number of fused-ring (bicyclic) bond motifs is 1. The van der Waals surface area contributed by atoms with E-state index in [0.29, 0.717) is 6.54 Å². The van der Waals surface area contributed by atoms with Gasteiger partial charge in [0.1, 0.15) is 11.4 Å². The summed E-state index contributed by atoms with van der Waals surface area (Å²) in [5.41, 5.74) is 0.461. The summed E-state index contributed by atoms with van der Waals surface area (Å²) in [4.78, 5) is 10.6. The molecule has 0 aliphatic carbocycles. The summed E-state index contributed by atoms with van der Waals surface area (Å²) in [6.07, 6.45) is 7.02. The topological polar surface area (TPSA) is 64.4 Å². The van der Waals surface area contributed by atoms with Crippen LogP contribution in [0.3, 0.4) is 0 Å². The van der Waals surface area contributed by atoms with Gasteiger partial charge in [0.15, 0.2) is 0 Å². The highest BCUT2D eigenvalue weighted by Gasteiger charge is 2.16. The third kappa shape index (κ3) is 4.35. The third-order valence-electron chi connectivity index (χ3n) is 3.21. The monoisotopic (exact) mass is 302 g/mol. The number of aryl methyl sites for hydroxylation is 1. The summed E-state index contributed by atoms with van der Waals surface area (Å²) in [5.74, 6) is -0.0518. The SMILES string of the molecule is CC/C=C\C(C)(C)Oc1ccc2nn(CCC(=O)O)cc2c1. The van der Waals surface area contributed by atoms with Crippen LogP contribution in [0.1, 0.15) is 33.6 Å². The second-order valence-electron chi connectivity index (χ2n) is 5.77. The molecule has 118 valence electrons. The number of carboxylic acids is 1. The van der Waals surface area contributed by atoms with Gasteiger partial charge < -0.3 is 9.84 Å². The van der Waals surface area contributed by atoms with E-state index in [1.807, 2.05) is 44.3 Å². The maximum absolute atomic E-state index is 10.6. The zero-order chi connectivity index (χ0) is 16.2. The van der Waals surface area contributed by atoms with Crippen LogP contribution in [0.15, 0.2) is 36.5 Å². The fourth-order valence-electron chi connectivity index (χ4n) is 2.18. The van der Waals surface area contributed by atoms with Gasteiger partial charge in [0.05, 0.1) is 18.5 Å². The summed E-state index contributed by atoms with van der Waals surface area (Å²) < 4.78 is 7.66. The third-order valence-corrected chi connectivity index (χ3v) is 3.21. The highest BCUT2D eigenvalue weighted by atomic mass is 16.5. The Labute approximate surface area is 130 Å². The van der Waals surface area contributed by atoms with Crippen LogP contribution >= 0.6 is 0 Å². The molecular weight excluding hydrogens is 280 g/mol. The van der Waals surface area contributed by atoms with Crippen molar-refractivity contribution in [3.63, 3.8) is 0 Å². The lowest BCUT2D eigenvalue weighted by Crippen LogP contribution is -2.24. The molecule has 0 bridgehead atoms. The second-order valence-corrected chi connectivity index (χ2v) is 5.77. The van der Waals surface area contributed by atoms with E-state index < -0.39 is 5.97 Å². The van der Waals surface area contributed by atoms with E-state index in [2.05, 4.69) is 18.1 Å². The van der Waals surface area contributed by atoms with Gasteiger partial charge in [0, 0.05) is 11.6 Å². The Kier molecular flexibility index (Phi) is 4.85. The number of carbonyl (C=O) groups is 1. The fraction of sp³-hybridized carbons (Fsp3) is 0.412. The van der Waals surface area contributed by atoms with Crippen molar-refractivity contribution in [1.29, 1.82) is 0 Å². The Morgan fingerprint density at radius 2 is 2.23 bits per heavy atom. The first kappa shape index (κ1) is 16.1. The minimum atomic E-state index is -0.826. The van der Waals surface area contributed by atoms with Crippen LogP contribution in [-0.2, 0) is 11.3 Å². The van der Waals surface area contributed by atoms with Crippen molar-refractivity contribution in [3.05, 3.63) is 36.5 Å². The van der Waals surface area contributed by atoms with Crippen LogP contribution in [-0.4, -0.2) is 26.5 Å². The molecule has 5 nitrogen and oxygen atoms in total. The summed E-state index contributed by atoms with van der Waals surface area (Å²) in [6.45, 7) is 6.48. The van der Waals surface area contributed by atoms with Gasteiger partial charge in [0.2, 0.25) is 0 Å². The number of nitrogens with zero attached hydrogens (tertiary/aromatic N) is 2. The van der Waals surface area contributed by atoms with Crippen molar-refractivity contribution in [2.24, 2.45) is 0 Å². The first-order chi connectivity index (χ1) is 10.4. The number of aliphatic carboxylic acids is 1. The molecule has 22 heavy (non-hydrogen) atoms. The number of hydrogen-bond acceptors (Lipinski definition) is 3. The quantitative estimate of drug-likeness (QED) is 0.793. The molecule has 0 atom stereocenters. The van der Waals surface area contributed by atoms with Crippen LogP contribution in [0, 0.1) is 0 Å². The van der Waals surface area contributed by atoms with Crippen LogP contribution < -0.4 is 4.74 Å². The molecule has 0 aliphatic rings. The van der Waals surface area contributed by atoms with Gasteiger partial charge in [-0.25, -0.2) is 0 Å². The zero-order valence-corrected chi connectivity index (χ0v) is 13.2. The van der Waals surface area contributed by atoms with E-state index in [1.54, 1.807) is 4.68 Å². The summed E-state index contributed by atoms with van der Waals surface area (Å²) in [7, 11) is 0. The van der Waals surface area contributed by atoms with E-state index in [4.69, 9.17) is 9.84 Å². The van der Waals surface area contributed by atoms with Gasteiger partial charge >= 0.3 is 5.97 Å². The molecule has 1 aromatic carbocycles. The molecule has 0 aliphatic heterocycles. The van der Waals surface area contributed by atoms with Gasteiger partial charge in [-0.15, -0.1) is 0 Å². The number of carboxylic acid groups (broad SMARTS) is 1. The Bertz CT molecular complexity index is 686. The Morgan fingerprint density at radius 1 is 1.45 bits per heavy atom. The molecule has 1 heterocycles. The number of hydrogen-bond donors (Lipinski definition) is 1. The predicted octanol–water partition coefficient (Wildman–Crippen LogP) is 3.63. The highest BCUT2D eigenvalue weighted by molar-refractivity contribution is 5.79. The molecule has 0 saturated carbocycles. The molecule has 0 saturated heterocycles. The van der Waals surface area contributed by atoms with Gasteiger partial charge in [-0.3, -0.25) is 9.48 Å². The lowest BCUT2D eigenvalue weighted by Gasteiger charge is -2.22. The largest absolute Gasteiger partial charge is 0.484 e. The van der Waals surface area contributed by atoms with E-state index >= 15 is 0 Å². The van der Waals surface area contributed by atoms with Crippen LogP contribution in [0.4, 0.5) is 0 Å². The first-order valence-electron chi connectivity index (χ1n) is 7.45. The number of rotatable bonds is 7. The molecule has 1 N–H and O–H groups in total. The number of benzene rings is 1. The van der Waals surface area contributed by atoms with Crippen molar-refractivity contribution in [3.8, 4) is 5.75 Å². The van der Waals surface area contributed by atoms with Crippen molar-refractivity contribution in [1.82, 2.24) is 9.78 Å². The molecule has 1 aromatic heterocycles. The minimum absolute atomic E-state index is 0.0617. The molecular formula is C17H22N2O3. The number of ether oxygens (including phenoxy) is 1. The first-order valence-corrected chi connectivity index (χ1v) is 7.45. The lowest BCUT2D eigenvalue weighted by atomic mass is 10.1. The van der Waals surface area contributed by atoms with E-state index in [1.165, 1.54) is 0 Å². The molecule has 2 rings (SSSR count). The molecule has 0 fully saturated rings. The molecule has 2 aromatic rings. The average Bonchev–Trinajstić information content (AvgIpc) is 2.84. The lowest BCUT2D eigenvalue weighted by molar-refractivity contribution is -0.137. The molecule has 0 amide bonds. The fourth-order valence-corrected chi connectivity index (χ4v) is 2.18. The van der Waals surface area contributed by atoms with Gasteiger partial charge in [-0.2, -0.15) is 5.10 Å². The van der Waals surface area contributed by atoms with Crippen LogP contribution in [0.2, 0.25) is 0 Å². The van der Waals surface area contributed by atoms with Crippen molar-refractivity contribution in [2.75, 3.05) is 0 Å². The Hall–Kier alpha value is -2.30. The molecule has 0 spiro atoms. The van der Waals surface area contributed by atoms with Crippen LogP contribution in [0.25, 0.3) is 10.9 Å². The maximum Gasteiger partial charge on any atom is 0.305 e. The van der Waals surface area contributed by atoms with Gasteiger partial charge in [-0.05, 0) is 44.5 Å². The van der Waals surface area contributed by atoms with Gasteiger partial charge in [0.25, 0.3) is 0 Å². The average molecular weight is 302 g/mol. The van der Waals surface area contributed by atoms with E-state index in [9.17, 15) is 4.79 Å². The predicted molar refractivity (Wildman–Crippen MR) is 86.1 cm³/mol. The number of allylic oxidation sites excluding steroid dienone is 1. The summed E-state index contributed by atoms with van der Waals surface area (Å²) in [5, 5.41) is 14.0. The second kappa shape index (κ2) is 6.64.